The number of benzene rings is 1. The van der Waals surface area contributed by atoms with Gasteiger partial charge >= 0.3 is 0 Å². The summed E-state index contributed by atoms with van der Waals surface area (Å²) in [7, 11) is 0. The van der Waals surface area contributed by atoms with E-state index in [1.54, 1.807) is 4.57 Å². The third-order valence-electron chi connectivity index (χ3n) is 6.19. The van der Waals surface area contributed by atoms with Crippen LogP contribution in [-0.2, 0) is 4.79 Å². The summed E-state index contributed by atoms with van der Waals surface area (Å²) in [6.07, 6.45) is 4.57. The Morgan fingerprint density at radius 3 is 2.53 bits per heavy atom. The van der Waals surface area contributed by atoms with Gasteiger partial charge < -0.3 is 21.5 Å². The van der Waals surface area contributed by atoms with Crippen molar-refractivity contribution in [1.29, 1.82) is 0 Å². The number of carbonyl (C=O) groups is 1. The lowest BCUT2D eigenvalue weighted by Crippen LogP contribution is -2.29. The van der Waals surface area contributed by atoms with E-state index in [4.69, 9.17) is 17.3 Å². The minimum atomic E-state index is -0.858. The van der Waals surface area contributed by atoms with E-state index in [9.17, 15) is 18.7 Å². The molecule has 9 nitrogen and oxygen atoms in total. The van der Waals surface area contributed by atoms with Gasteiger partial charge in [0, 0.05) is 17.0 Å². The van der Waals surface area contributed by atoms with E-state index in [2.05, 4.69) is 25.6 Å². The number of nitrogens with one attached hydrogen (secondary N) is 2. The highest BCUT2D eigenvalue weighted by atomic mass is 35.5. The molecule has 12 heteroatoms. The molecule has 0 radical (unpaired) electrons. The molecule has 1 fully saturated rings. The number of halogens is 3. The number of nitrogens with zero attached hydrogens (tertiary/aromatic N) is 4. The Hall–Kier alpha value is -3.05. The molecule has 1 unspecified atom stereocenters. The van der Waals surface area contributed by atoms with Crippen LogP contribution < -0.4 is 16.4 Å². The second kappa shape index (κ2) is 10.1. The molecule has 1 aliphatic carbocycles. The van der Waals surface area contributed by atoms with E-state index < -0.39 is 11.6 Å². The summed E-state index contributed by atoms with van der Waals surface area (Å²) in [6, 6.07) is 1.66. The molecule has 1 amide bonds. The van der Waals surface area contributed by atoms with Gasteiger partial charge in [0.15, 0.2) is 17.3 Å². The van der Waals surface area contributed by atoms with Gasteiger partial charge in [0.2, 0.25) is 17.8 Å². The molecule has 3 aromatic rings. The Kier molecular flexibility index (Phi) is 7.13. The van der Waals surface area contributed by atoms with E-state index in [1.807, 2.05) is 6.92 Å². The van der Waals surface area contributed by atoms with Crippen LogP contribution in [0.1, 0.15) is 45.1 Å². The van der Waals surface area contributed by atoms with Crippen molar-refractivity contribution in [3.8, 4) is 0 Å². The Morgan fingerprint density at radius 1 is 1.26 bits per heavy atom. The summed E-state index contributed by atoms with van der Waals surface area (Å²) in [5, 5.41) is 15.3. The fourth-order valence-corrected chi connectivity index (χ4v) is 4.44. The smallest absolute Gasteiger partial charge is 0.225 e. The van der Waals surface area contributed by atoms with Gasteiger partial charge in [-0.05, 0) is 44.2 Å². The summed E-state index contributed by atoms with van der Waals surface area (Å²) < 4.78 is 30.8. The number of aliphatic hydroxyl groups is 1. The summed E-state index contributed by atoms with van der Waals surface area (Å²) in [5.41, 5.74) is 5.98. The normalized spacial score (nSPS) is 19.2. The zero-order chi connectivity index (χ0) is 24.4. The van der Waals surface area contributed by atoms with Crippen LogP contribution >= 0.6 is 11.6 Å². The number of nitrogens with two attached hydrogens (primary N) is 1. The molecule has 0 bridgehead atoms. The Morgan fingerprint density at radius 2 is 1.94 bits per heavy atom. The van der Waals surface area contributed by atoms with Gasteiger partial charge in [-0.15, -0.1) is 0 Å². The Bertz CT molecular complexity index is 1170. The standard InChI is InChI=1S/C22H26ClF2N7O2/c1-2-13(10-33)28-21-27-9-17-20(31-21)32(14-5-3-11(4-6-14)19(26)34)22(29-17)30-18-15(24)7-12(23)8-16(18)25/h7-9,11,13-14,33H,2-6,10H2,1H3,(H2,26,34)(H,29,30)(H,27,28,31). The third kappa shape index (κ3) is 4.90. The number of rotatable bonds is 8. The second-order valence-corrected chi connectivity index (χ2v) is 8.85. The fourth-order valence-electron chi connectivity index (χ4n) is 4.25. The fraction of sp³-hybridized carbons (Fsp3) is 0.455. The quantitative estimate of drug-likeness (QED) is 0.374. The van der Waals surface area contributed by atoms with Crippen molar-refractivity contribution >= 4 is 46.3 Å². The number of imidazole rings is 1. The molecule has 1 saturated carbocycles. The van der Waals surface area contributed by atoms with E-state index in [0.717, 1.165) is 12.1 Å². The molecule has 2 heterocycles. The molecule has 1 atom stereocenters. The summed E-state index contributed by atoms with van der Waals surface area (Å²) >= 11 is 5.76. The van der Waals surface area contributed by atoms with Crippen molar-refractivity contribution in [2.45, 2.75) is 51.1 Å². The maximum atomic E-state index is 14.5. The van der Waals surface area contributed by atoms with Crippen LogP contribution in [0, 0.1) is 17.6 Å². The van der Waals surface area contributed by atoms with Crippen LogP contribution in [0.15, 0.2) is 18.3 Å². The zero-order valence-electron chi connectivity index (χ0n) is 18.6. The Labute approximate surface area is 199 Å². The van der Waals surface area contributed by atoms with Gasteiger partial charge in [-0.3, -0.25) is 9.36 Å². The number of aromatic nitrogens is 4. The van der Waals surface area contributed by atoms with Crippen molar-refractivity contribution in [3.05, 3.63) is 35.0 Å². The van der Waals surface area contributed by atoms with Gasteiger partial charge in [-0.1, -0.05) is 18.5 Å². The second-order valence-electron chi connectivity index (χ2n) is 8.42. The third-order valence-corrected chi connectivity index (χ3v) is 6.41. The SMILES string of the molecule is CCC(CO)Nc1ncc2nc(Nc3c(F)cc(Cl)cc3F)n(C3CCC(C(N)=O)CC3)c2n1. The van der Waals surface area contributed by atoms with Crippen molar-refractivity contribution in [3.63, 3.8) is 0 Å². The molecule has 5 N–H and O–H groups in total. The van der Waals surface area contributed by atoms with Crippen molar-refractivity contribution in [2.75, 3.05) is 17.2 Å². The van der Waals surface area contributed by atoms with Crippen molar-refractivity contribution < 1.29 is 18.7 Å². The lowest BCUT2D eigenvalue weighted by Gasteiger charge is -2.29. The lowest BCUT2D eigenvalue weighted by molar-refractivity contribution is -0.122. The van der Waals surface area contributed by atoms with Gasteiger partial charge in [-0.25, -0.2) is 18.7 Å². The molecule has 1 aromatic carbocycles. The minimum Gasteiger partial charge on any atom is -0.394 e. The maximum absolute atomic E-state index is 14.5. The average Bonchev–Trinajstić information content (AvgIpc) is 3.17. The van der Waals surface area contributed by atoms with Crippen molar-refractivity contribution in [2.24, 2.45) is 11.7 Å². The number of hydrogen-bond acceptors (Lipinski definition) is 7. The highest BCUT2D eigenvalue weighted by Crippen LogP contribution is 2.37. The molecule has 0 aliphatic heterocycles. The van der Waals surface area contributed by atoms with Crippen molar-refractivity contribution in [1.82, 2.24) is 19.5 Å². The maximum Gasteiger partial charge on any atom is 0.225 e. The van der Waals surface area contributed by atoms with E-state index in [1.165, 1.54) is 6.20 Å². The first-order valence-corrected chi connectivity index (χ1v) is 11.5. The van der Waals surface area contributed by atoms with Gasteiger partial charge in [0.05, 0.1) is 18.8 Å². The molecule has 1 aliphatic rings. The molecule has 0 spiro atoms. The lowest BCUT2D eigenvalue weighted by atomic mass is 9.85. The summed E-state index contributed by atoms with van der Waals surface area (Å²) in [5.74, 6) is -1.77. The molecule has 4 rings (SSSR count). The molecule has 182 valence electrons. The predicted molar refractivity (Wildman–Crippen MR) is 125 cm³/mol. The minimum absolute atomic E-state index is 0.0604. The predicted octanol–water partition coefficient (Wildman–Crippen LogP) is 3.90. The Balaban J connectivity index is 1.76. The number of fused-ring (bicyclic) bond motifs is 1. The van der Waals surface area contributed by atoms with E-state index in [0.29, 0.717) is 49.2 Å². The topological polar surface area (TPSA) is 131 Å². The monoisotopic (exact) mass is 493 g/mol. The van der Waals surface area contributed by atoms with Crippen LogP contribution in [0.4, 0.5) is 26.4 Å². The first-order chi connectivity index (χ1) is 16.3. The zero-order valence-corrected chi connectivity index (χ0v) is 19.3. The highest BCUT2D eigenvalue weighted by molar-refractivity contribution is 6.30. The largest absolute Gasteiger partial charge is 0.394 e. The number of aliphatic hydroxyl groups excluding tert-OH is 1. The number of hydrogen-bond donors (Lipinski definition) is 4. The van der Waals surface area contributed by atoms with Crippen LogP contribution in [0.3, 0.4) is 0 Å². The number of carbonyl (C=O) groups excluding carboxylic acids is 1. The van der Waals surface area contributed by atoms with E-state index >= 15 is 0 Å². The molecule has 0 saturated heterocycles. The summed E-state index contributed by atoms with van der Waals surface area (Å²) in [6.45, 7) is 1.83. The number of primary amides is 1. The molecular formula is C22H26ClF2N7O2. The van der Waals surface area contributed by atoms with Gasteiger partial charge in [-0.2, -0.15) is 4.98 Å². The number of anilines is 3. The van der Waals surface area contributed by atoms with Crippen LogP contribution in [0.5, 0.6) is 0 Å². The number of amides is 1. The first kappa shape index (κ1) is 24.1. The average molecular weight is 494 g/mol. The molecular weight excluding hydrogens is 468 g/mol. The van der Waals surface area contributed by atoms with Gasteiger partial charge in [0.1, 0.15) is 11.2 Å². The van der Waals surface area contributed by atoms with Crippen LogP contribution in [-0.4, -0.2) is 43.2 Å². The van der Waals surface area contributed by atoms with E-state index in [-0.39, 0.29) is 47.2 Å². The molecule has 2 aromatic heterocycles. The first-order valence-electron chi connectivity index (χ1n) is 11.1. The van der Waals surface area contributed by atoms with Crippen LogP contribution in [0.2, 0.25) is 5.02 Å². The molecule has 34 heavy (non-hydrogen) atoms. The van der Waals surface area contributed by atoms with Crippen LogP contribution in [0.25, 0.3) is 11.2 Å². The highest BCUT2D eigenvalue weighted by Gasteiger charge is 2.29. The summed E-state index contributed by atoms with van der Waals surface area (Å²) in [4.78, 5) is 25.0. The van der Waals surface area contributed by atoms with Gasteiger partial charge in [0.25, 0.3) is 0 Å².